The minimum Gasteiger partial charge on any atom is -0.384 e. The highest BCUT2D eigenvalue weighted by Gasteiger charge is 2.26. The lowest BCUT2D eigenvalue weighted by Gasteiger charge is -2.24. The maximum Gasteiger partial charge on any atom is 0.240 e. The number of benzene rings is 2. The summed E-state index contributed by atoms with van der Waals surface area (Å²) in [4.78, 5) is 0.226. The molecular weight excluding hydrogens is 334 g/mol. The molecule has 0 aliphatic carbocycles. The summed E-state index contributed by atoms with van der Waals surface area (Å²) < 4.78 is 27.5. The maximum absolute atomic E-state index is 12.5. The van der Waals surface area contributed by atoms with Gasteiger partial charge in [-0.05, 0) is 55.7 Å². The Hall–Kier alpha value is -1.40. The number of sulfonamides is 1. The van der Waals surface area contributed by atoms with Crippen LogP contribution in [0.2, 0.25) is 5.02 Å². The fraction of sp³-hybridized carbons (Fsp3) is 0.294. The third-order valence-electron chi connectivity index (χ3n) is 3.71. The number of halogens is 1. The highest BCUT2D eigenvalue weighted by molar-refractivity contribution is 7.89. The molecule has 1 unspecified atom stereocenters. The summed E-state index contributed by atoms with van der Waals surface area (Å²) in [6.07, 6.45) is 0. The van der Waals surface area contributed by atoms with E-state index in [1.807, 2.05) is 13.0 Å². The lowest BCUT2D eigenvalue weighted by atomic mass is 9.97. The molecule has 0 radical (unpaired) electrons. The number of hydrogen-bond donors (Lipinski definition) is 2. The monoisotopic (exact) mass is 353 g/mol. The van der Waals surface area contributed by atoms with Crippen molar-refractivity contribution in [2.24, 2.45) is 0 Å². The lowest BCUT2D eigenvalue weighted by molar-refractivity contribution is 0.0627. The van der Waals surface area contributed by atoms with E-state index in [2.05, 4.69) is 4.72 Å². The van der Waals surface area contributed by atoms with Gasteiger partial charge in [-0.1, -0.05) is 35.9 Å². The molecule has 124 valence electrons. The van der Waals surface area contributed by atoms with Gasteiger partial charge in [-0.25, -0.2) is 13.1 Å². The van der Waals surface area contributed by atoms with E-state index in [0.717, 1.165) is 5.56 Å². The van der Waals surface area contributed by atoms with Crippen LogP contribution in [-0.2, 0) is 15.6 Å². The first-order chi connectivity index (χ1) is 10.6. The minimum absolute atomic E-state index is 0.135. The Morgan fingerprint density at radius 2 is 1.74 bits per heavy atom. The summed E-state index contributed by atoms with van der Waals surface area (Å²) in [5.41, 5.74) is 0.773. The Morgan fingerprint density at radius 3 is 2.35 bits per heavy atom. The summed E-state index contributed by atoms with van der Waals surface area (Å²) in [6.45, 7) is 5.00. The SMILES string of the molecule is Cc1ccc(C)c(S(=O)(=O)NCC(C)(O)c2ccc(Cl)cc2)c1. The van der Waals surface area contributed by atoms with Crippen molar-refractivity contribution in [3.8, 4) is 0 Å². The minimum atomic E-state index is -3.70. The van der Waals surface area contributed by atoms with Crippen LogP contribution in [0.5, 0.6) is 0 Å². The Labute approximate surface area is 142 Å². The molecule has 4 nitrogen and oxygen atoms in total. The first kappa shape index (κ1) is 17.9. The van der Waals surface area contributed by atoms with Crippen molar-refractivity contribution in [3.63, 3.8) is 0 Å². The van der Waals surface area contributed by atoms with Gasteiger partial charge < -0.3 is 5.11 Å². The molecule has 0 saturated heterocycles. The molecule has 2 N–H and O–H groups in total. The molecule has 0 heterocycles. The average molecular weight is 354 g/mol. The van der Waals surface area contributed by atoms with E-state index in [1.165, 1.54) is 0 Å². The van der Waals surface area contributed by atoms with Crippen molar-refractivity contribution in [2.75, 3.05) is 6.54 Å². The fourth-order valence-electron chi connectivity index (χ4n) is 2.22. The van der Waals surface area contributed by atoms with Gasteiger partial charge in [0.2, 0.25) is 10.0 Å². The second kappa shape index (κ2) is 6.61. The molecule has 0 bridgehead atoms. The quantitative estimate of drug-likeness (QED) is 0.867. The van der Waals surface area contributed by atoms with Gasteiger partial charge in [-0.2, -0.15) is 0 Å². The number of hydrogen-bond acceptors (Lipinski definition) is 3. The van der Waals surface area contributed by atoms with Crippen LogP contribution in [0.3, 0.4) is 0 Å². The third-order valence-corrected chi connectivity index (χ3v) is 5.50. The van der Waals surface area contributed by atoms with E-state index >= 15 is 0 Å². The molecule has 0 spiro atoms. The van der Waals surface area contributed by atoms with Gasteiger partial charge in [-0.3, -0.25) is 0 Å². The second-order valence-electron chi connectivity index (χ2n) is 5.87. The Bertz CT molecular complexity index is 799. The van der Waals surface area contributed by atoms with Crippen LogP contribution in [0.25, 0.3) is 0 Å². The Morgan fingerprint density at radius 1 is 1.13 bits per heavy atom. The standard InChI is InChI=1S/C17H20ClNO3S/c1-12-4-5-13(2)16(10-12)23(21,22)19-11-17(3,20)14-6-8-15(18)9-7-14/h4-10,19-20H,11H2,1-3H3. The smallest absolute Gasteiger partial charge is 0.240 e. The van der Waals surface area contributed by atoms with Gasteiger partial charge >= 0.3 is 0 Å². The maximum atomic E-state index is 12.5. The number of aliphatic hydroxyl groups is 1. The van der Waals surface area contributed by atoms with Crippen LogP contribution >= 0.6 is 11.6 Å². The highest BCUT2D eigenvalue weighted by Crippen LogP contribution is 2.23. The zero-order chi connectivity index (χ0) is 17.3. The summed E-state index contributed by atoms with van der Waals surface area (Å²) in [5, 5.41) is 11.1. The molecule has 0 aliphatic rings. The molecule has 0 amide bonds. The topological polar surface area (TPSA) is 66.4 Å². The number of nitrogens with one attached hydrogen (secondary N) is 1. The van der Waals surface area contributed by atoms with Gasteiger partial charge in [0, 0.05) is 11.6 Å². The summed E-state index contributed by atoms with van der Waals surface area (Å²) >= 11 is 5.83. The second-order valence-corrected chi connectivity index (χ2v) is 8.05. The molecule has 2 rings (SSSR count). The lowest BCUT2D eigenvalue weighted by Crippen LogP contribution is -2.38. The summed E-state index contributed by atoms with van der Waals surface area (Å²) in [6, 6.07) is 11.9. The Kier molecular flexibility index (Phi) is 5.16. The van der Waals surface area contributed by atoms with E-state index < -0.39 is 15.6 Å². The largest absolute Gasteiger partial charge is 0.384 e. The summed E-state index contributed by atoms with van der Waals surface area (Å²) in [5.74, 6) is 0. The van der Waals surface area contributed by atoms with Crippen LogP contribution in [0, 0.1) is 13.8 Å². The zero-order valence-corrected chi connectivity index (χ0v) is 14.9. The van der Waals surface area contributed by atoms with Crippen LogP contribution in [0.4, 0.5) is 0 Å². The molecular formula is C17H20ClNO3S. The molecule has 2 aromatic carbocycles. The van der Waals surface area contributed by atoms with E-state index in [9.17, 15) is 13.5 Å². The van der Waals surface area contributed by atoms with Crippen LogP contribution in [0.15, 0.2) is 47.4 Å². The highest BCUT2D eigenvalue weighted by atomic mass is 35.5. The number of rotatable bonds is 5. The fourth-order valence-corrected chi connectivity index (χ4v) is 3.81. The molecule has 2 aromatic rings. The van der Waals surface area contributed by atoms with Crippen LogP contribution in [0.1, 0.15) is 23.6 Å². The molecule has 23 heavy (non-hydrogen) atoms. The predicted octanol–water partition coefficient (Wildman–Crippen LogP) is 3.14. The van der Waals surface area contributed by atoms with Crippen molar-refractivity contribution in [2.45, 2.75) is 31.3 Å². The van der Waals surface area contributed by atoms with Gasteiger partial charge in [0.05, 0.1) is 4.90 Å². The first-order valence-electron chi connectivity index (χ1n) is 7.17. The van der Waals surface area contributed by atoms with Crippen LogP contribution in [-0.4, -0.2) is 20.1 Å². The molecule has 0 aliphatic heterocycles. The molecule has 6 heteroatoms. The van der Waals surface area contributed by atoms with Crippen LogP contribution < -0.4 is 4.72 Å². The van der Waals surface area contributed by atoms with E-state index in [-0.39, 0.29) is 11.4 Å². The van der Waals surface area contributed by atoms with Crippen molar-refractivity contribution in [1.82, 2.24) is 4.72 Å². The van der Waals surface area contributed by atoms with E-state index in [4.69, 9.17) is 11.6 Å². The molecule has 0 fully saturated rings. The predicted molar refractivity (Wildman–Crippen MR) is 92.1 cm³/mol. The van der Waals surface area contributed by atoms with E-state index in [1.54, 1.807) is 50.2 Å². The first-order valence-corrected chi connectivity index (χ1v) is 9.03. The Balaban J connectivity index is 2.21. The normalized spacial score (nSPS) is 14.5. The third kappa shape index (κ3) is 4.32. The summed E-state index contributed by atoms with van der Waals surface area (Å²) in [7, 11) is -3.70. The van der Waals surface area contributed by atoms with E-state index in [0.29, 0.717) is 16.1 Å². The van der Waals surface area contributed by atoms with Crippen molar-refractivity contribution >= 4 is 21.6 Å². The van der Waals surface area contributed by atoms with Crippen molar-refractivity contribution in [1.29, 1.82) is 0 Å². The van der Waals surface area contributed by atoms with Gasteiger partial charge in [0.15, 0.2) is 0 Å². The van der Waals surface area contributed by atoms with Gasteiger partial charge in [-0.15, -0.1) is 0 Å². The average Bonchev–Trinajstić information content (AvgIpc) is 2.48. The molecule has 1 atom stereocenters. The molecule has 0 saturated carbocycles. The van der Waals surface area contributed by atoms with Gasteiger partial charge in [0.1, 0.15) is 5.60 Å². The zero-order valence-electron chi connectivity index (χ0n) is 13.3. The van der Waals surface area contributed by atoms with Crippen molar-refractivity contribution in [3.05, 3.63) is 64.2 Å². The van der Waals surface area contributed by atoms with Gasteiger partial charge in [0.25, 0.3) is 0 Å². The molecule has 0 aromatic heterocycles. The number of aryl methyl sites for hydroxylation is 2. The van der Waals surface area contributed by atoms with Crippen molar-refractivity contribution < 1.29 is 13.5 Å².